The summed E-state index contributed by atoms with van der Waals surface area (Å²) in [7, 11) is 0. The van der Waals surface area contributed by atoms with Gasteiger partial charge >= 0.3 is 0 Å². The molecule has 3 heterocycles. The zero-order chi connectivity index (χ0) is 18.9. The Kier molecular flexibility index (Phi) is 4.72. The van der Waals surface area contributed by atoms with Crippen LogP contribution in [-0.2, 0) is 24.3 Å². The van der Waals surface area contributed by atoms with Crippen molar-refractivity contribution in [2.45, 2.75) is 44.8 Å². The lowest BCUT2D eigenvalue weighted by Gasteiger charge is -2.29. The van der Waals surface area contributed by atoms with Crippen molar-refractivity contribution < 1.29 is 4.79 Å². The van der Waals surface area contributed by atoms with Crippen molar-refractivity contribution in [3.05, 3.63) is 53.5 Å². The molecule has 0 radical (unpaired) electrons. The van der Waals surface area contributed by atoms with Crippen molar-refractivity contribution in [1.82, 2.24) is 19.8 Å². The number of hydrogen-bond acceptors (Lipinski definition) is 5. The van der Waals surface area contributed by atoms with Gasteiger partial charge in [0.25, 0.3) is 0 Å². The Bertz CT molecular complexity index is 851. The molecule has 2 aromatic rings. The van der Waals surface area contributed by atoms with Gasteiger partial charge in [0.1, 0.15) is 12.1 Å². The molecule has 0 unspecified atom stereocenters. The molecule has 0 bridgehead atoms. The van der Waals surface area contributed by atoms with Gasteiger partial charge < -0.3 is 10.2 Å². The molecule has 6 heteroatoms. The van der Waals surface area contributed by atoms with Crippen LogP contribution in [0.25, 0.3) is 0 Å². The topological polar surface area (TPSA) is 61.4 Å². The van der Waals surface area contributed by atoms with E-state index in [1.807, 2.05) is 4.90 Å². The molecule has 146 valence electrons. The first kappa shape index (κ1) is 17.6. The molecule has 1 saturated carbocycles. The third kappa shape index (κ3) is 3.74. The molecule has 1 aliphatic carbocycles. The van der Waals surface area contributed by atoms with Gasteiger partial charge in [-0.15, -0.1) is 0 Å². The van der Waals surface area contributed by atoms with E-state index in [1.165, 1.54) is 11.1 Å². The van der Waals surface area contributed by atoms with Crippen molar-refractivity contribution in [3.63, 3.8) is 0 Å². The number of nitrogens with zero attached hydrogens (tertiary/aromatic N) is 4. The first-order valence-electron chi connectivity index (χ1n) is 10.4. The number of benzene rings is 1. The molecule has 6 nitrogen and oxygen atoms in total. The van der Waals surface area contributed by atoms with E-state index in [1.54, 1.807) is 6.33 Å². The number of carbonyl (C=O) groups excluding carboxylic acids is 1. The average molecular weight is 377 g/mol. The molecule has 28 heavy (non-hydrogen) atoms. The normalized spacial score (nSPS) is 22.1. The zero-order valence-electron chi connectivity index (χ0n) is 16.2. The molecular formula is C22H27N5O. The van der Waals surface area contributed by atoms with Gasteiger partial charge in [-0.25, -0.2) is 9.97 Å². The fourth-order valence-electron chi connectivity index (χ4n) is 4.38. The second kappa shape index (κ2) is 7.51. The number of carbonyl (C=O) groups is 1. The SMILES string of the molecule is O=C(C1CC1)N1CCc2c(ncnc2N[C@H]2CCN(Cc3ccccc3)C2)C1. The maximum Gasteiger partial charge on any atom is 0.226 e. The Morgan fingerprint density at radius 2 is 1.96 bits per heavy atom. The summed E-state index contributed by atoms with van der Waals surface area (Å²) in [6.07, 6.45) is 5.72. The second-order valence-electron chi connectivity index (χ2n) is 8.28. The van der Waals surface area contributed by atoms with Crippen LogP contribution in [0.3, 0.4) is 0 Å². The molecule has 1 saturated heterocycles. The lowest BCUT2D eigenvalue weighted by Crippen LogP contribution is -2.38. The van der Waals surface area contributed by atoms with Gasteiger partial charge in [0.05, 0.1) is 12.2 Å². The summed E-state index contributed by atoms with van der Waals surface area (Å²) in [6.45, 7) is 4.55. The van der Waals surface area contributed by atoms with Gasteiger partial charge in [-0.05, 0) is 31.2 Å². The number of likely N-dealkylation sites (tertiary alicyclic amines) is 1. The van der Waals surface area contributed by atoms with Gasteiger partial charge in [-0.3, -0.25) is 9.69 Å². The van der Waals surface area contributed by atoms with E-state index in [-0.39, 0.29) is 5.92 Å². The molecule has 1 aromatic carbocycles. The summed E-state index contributed by atoms with van der Waals surface area (Å²) in [5, 5.41) is 3.67. The third-order valence-electron chi connectivity index (χ3n) is 6.11. The fraction of sp³-hybridized carbons (Fsp3) is 0.500. The first-order valence-corrected chi connectivity index (χ1v) is 10.4. The third-order valence-corrected chi connectivity index (χ3v) is 6.11. The highest BCUT2D eigenvalue weighted by Crippen LogP contribution is 2.33. The average Bonchev–Trinajstić information content (AvgIpc) is 3.49. The summed E-state index contributed by atoms with van der Waals surface area (Å²) < 4.78 is 0. The van der Waals surface area contributed by atoms with Crippen molar-refractivity contribution >= 4 is 11.7 Å². The van der Waals surface area contributed by atoms with Crippen LogP contribution >= 0.6 is 0 Å². The quantitative estimate of drug-likeness (QED) is 0.867. The minimum atomic E-state index is 0.273. The van der Waals surface area contributed by atoms with E-state index < -0.39 is 0 Å². The highest BCUT2D eigenvalue weighted by molar-refractivity contribution is 5.81. The Hall–Kier alpha value is -2.47. The molecule has 3 aliphatic rings. The number of amides is 1. The number of rotatable bonds is 5. The highest BCUT2D eigenvalue weighted by Gasteiger charge is 2.35. The predicted octanol–water partition coefficient (Wildman–Crippen LogP) is 2.46. The van der Waals surface area contributed by atoms with E-state index in [9.17, 15) is 4.79 Å². The number of nitrogens with one attached hydrogen (secondary N) is 1. The lowest BCUT2D eigenvalue weighted by molar-refractivity contribution is -0.133. The summed E-state index contributed by atoms with van der Waals surface area (Å²) in [5.74, 6) is 1.55. The van der Waals surface area contributed by atoms with Crippen molar-refractivity contribution in [2.24, 2.45) is 5.92 Å². The monoisotopic (exact) mass is 377 g/mol. The Balaban J connectivity index is 1.22. The second-order valence-corrected chi connectivity index (χ2v) is 8.28. The summed E-state index contributed by atoms with van der Waals surface area (Å²) in [6, 6.07) is 11.1. The van der Waals surface area contributed by atoms with E-state index in [2.05, 4.69) is 50.5 Å². The number of anilines is 1. The van der Waals surface area contributed by atoms with Crippen LogP contribution in [0.1, 0.15) is 36.1 Å². The van der Waals surface area contributed by atoms with Gasteiger partial charge in [0, 0.05) is 43.7 Å². The summed E-state index contributed by atoms with van der Waals surface area (Å²) in [4.78, 5) is 25.9. The van der Waals surface area contributed by atoms with Gasteiger partial charge in [-0.2, -0.15) is 0 Å². The molecule has 1 atom stereocenters. The van der Waals surface area contributed by atoms with Crippen LogP contribution in [0.15, 0.2) is 36.7 Å². The van der Waals surface area contributed by atoms with Gasteiger partial charge in [0.2, 0.25) is 5.91 Å². The maximum atomic E-state index is 12.4. The van der Waals surface area contributed by atoms with Crippen LogP contribution in [0.5, 0.6) is 0 Å². The van der Waals surface area contributed by atoms with Crippen LogP contribution < -0.4 is 5.32 Å². The minimum absolute atomic E-state index is 0.273. The minimum Gasteiger partial charge on any atom is -0.366 e. The van der Waals surface area contributed by atoms with E-state index >= 15 is 0 Å². The smallest absolute Gasteiger partial charge is 0.226 e. The van der Waals surface area contributed by atoms with Crippen LogP contribution in [0.4, 0.5) is 5.82 Å². The Morgan fingerprint density at radius 1 is 1.11 bits per heavy atom. The molecule has 2 fully saturated rings. The van der Waals surface area contributed by atoms with Crippen molar-refractivity contribution in [1.29, 1.82) is 0 Å². The van der Waals surface area contributed by atoms with Crippen LogP contribution in [-0.4, -0.2) is 51.4 Å². The number of fused-ring (bicyclic) bond motifs is 1. The largest absolute Gasteiger partial charge is 0.366 e. The van der Waals surface area contributed by atoms with Gasteiger partial charge in [-0.1, -0.05) is 30.3 Å². The molecule has 5 rings (SSSR count). The van der Waals surface area contributed by atoms with Crippen molar-refractivity contribution in [2.75, 3.05) is 25.0 Å². The zero-order valence-corrected chi connectivity index (χ0v) is 16.2. The first-order chi connectivity index (χ1) is 13.8. The predicted molar refractivity (Wildman–Crippen MR) is 108 cm³/mol. The molecule has 1 aromatic heterocycles. The molecule has 1 amide bonds. The lowest BCUT2D eigenvalue weighted by atomic mass is 10.0. The molecular weight excluding hydrogens is 350 g/mol. The van der Waals surface area contributed by atoms with E-state index in [0.29, 0.717) is 18.5 Å². The Labute approximate surface area is 166 Å². The molecule has 1 N–H and O–H groups in total. The summed E-state index contributed by atoms with van der Waals surface area (Å²) in [5.41, 5.74) is 3.57. The van der Waals surface area contributed by atoms with E-state index in [4.69, 9.17) is 0 Å². The maximum absolute atomic E-state index is 12.4. The highest BCUT2D eigenvalue weighted by atomic mass is 16.2. The number of hydrogen-bond donors (Lipinski definition) is 1. The van der Waals surface area contributed by atoms with Crippen LogP contribution in [0.2, 0.25) is 0 Å². The van der Waals surface area contributed by atoms with E-state index in [0.717, 1.165) is 63.4 Å². The standard InChI is InChI=1S/C22H27N5O/c28-22(17-6-7-17)27-11-9-19-20(14-27)23-15-24-21(19)25-18-8-10-26(13-18)12-16-4-2-1-3-5-16/h1-5,15,17-18H,6-14H2,(H,23,24,25)/t18-/m0/s1. The van der Waals surface area contributed by atoms with Crippen LogP contribution in [0, 0.1) is 5.92 Å². The fourth-order valence-corrected chi connectivity index (χ4v) is 4.38. The Morgan fingerprint density at radius 3 is 2.79 bits per heavy atom. The van der Waals surface area contributed by atoms with Crippen molar-refractivity contribution in [3.8, 4) is 0 Å². The van der Waals surface area contributed by atoms with Gasteiger partial charge in [0.15, 0.2) is 0 Å². The number of aromatic nitrogens is 2. The summed E-state index contributed by atoms with van der Waals surface area (Å²) >= 11 is 0. The molecule has 0 spiro atoms. The molecule has 2 aliphatic heterocycles.